The van der Waals surface area contributed by atoms with Crippen LogP contribution in [0.25, 0.3) is 6.08 Å². The van der Waals surface area contributed by atoms with Crippen LogP contribution in [0.1, 0.15) is 21.5 Å². The Balaban J connectivity index is 1.60. The fraction of sp³-hybridized carbons (Fsp3) is 0.0455. The van der Waals surface area contributed by atoms with Crippen molar-refractivity contribution >= 4 is 11.9 Å². The molecular weight excluding hydrogens is 344 g/mol. The lowest BCUT2D eigenvalue weighted by Gasteiger charge is -2.07. The third-order valence-electron chi connectivity index (χ3n) is 4.20. The molecule has 1 aliphatic heterocycles. The average molecular weight is 360 g/mol. The van der Waals surface area contributed by atoms with E-state index in [4.69, 9.17) is 9.47 Å². The van der Waals surface area contributed by atoms with E-state index in [0.717, 1.165) is 5.56 Å². The molecule has 0 aromatic heterocycles. The molecule has 134 valence electrons. The van der Waals surface area contributed by atoms with E-state index in [0.29, 0.717) is 17.1 Å². The van der Waals surface area contributed by atoms with Crippen LogP contribution in [0.2, 0.25) is 0 Å². The summed E-state index contributed by atoms with van der Waals surface area (Å²) in [5.74, 6) is 0.238. The lowest BCUT2D eigenvalue weighted by molar-refractivity contribution is 0.101. The normalized spacial score (nSPS) is 14.1. The van der Waals surface area contributed by atoms with Gasteiger partial charge in [0, 0.05) is 0 Å². The number of carbonyl (C=O) groups excluding carboxylic acids is 1. The largest absolute Gasteiger partial charge is 0.504 e. The summed E-state index contributed by atoms with van der Waals surface area (Å²) >= 11 is 0. The summed E-state index contributed by atoms with van der Waals surface area (Å²) in [5, 5.41) is 19.4. The Morgan fingerprint density at radius 3 is 2.52 bits per heavy atom. The molecule has 3 aromatic rings. The van der Waals surface area contributed by atoms with Crippen LogP contribution in [-0.4, -0.2) is 16.0 Å². The molecule has 3 aromatic carbocycles. The molecule has 0 saturated heterocycles. The molecule has 0 amide bonds. The highest BCUT2D eigenvalue weighted by atomic mass is 16.5. The standard InChI is InChI=1S/C22H16O5/c1-13-5-7-15(8-6-13)26-16-4-2-3-14(11-16)12-19-20(24)17-9-10-18(23)21(25)22(17)27-19/h2-12,23,25H,1H3. The van der Waals surface area contributed by atoms with Crippen LogP contribution in [0.3, 0.4) is 0 Å². The molecular formula is C22H16O5. The van der Waals surface area contributed by atoms with Gasteiger partial charge in [0.25, 0.3) is 0 Å². The summed E-state index contributed by atoms with van der Waals surface area (Å²) in [6.07, 6.45) is 1.57. The van der Waals surface area contributed by atoms with Gasteiger partial charge in [-0.15, -0.1) is 0 Å². The number of phenols is 2. The molecule has 0 aliphatic carbocycles. The predicted molar refractivity (Wildman–Crippen MR) is 100 cm³/mol. The first-order chi connectivity index (χ1) is 13.0. The van der Waals surface area contributed by atoms with Crippen molar-refractivity contribution in [1.82, 2.24) is 0 Å². The summed E-state index contributed by atoms with van der Waals surface area (Å²) < 4.78 is 11.3. The van der Waals surface area contributed by atoms with Gasteiger partial charge in [0.1, 0.15) is 11.5 Å². The summed E-state index contributed by atoms with van der Waals surface area (Å²) in [6, 6.07) is 17.6. The maximum Gasteiger partial charge on any atom is 0.232 e. The first kappa shape index (κ1) is 16.7. The number of ether oxygens (including phenoxy) is 2. The highest BCUT2D eigenvalue weighted by Crippen LogP contribution is 2.44. The number of fused-ring (bicyclic) bond motifs is 1. The van der Waals surface area contributed by atoms with Crippen LogP contribution in [0.5, 0.6) is 28.7 Å². The molecule has 0 bridgehead atoms. The fourth-order valence-electron chi connectivity index (χ4n) is 2.79. The van der Waals surface area contributed by atoms with Crippen molar-refractivity contribution in [2.24, 2.45) is 0 Å². The number of allylic oxidation sites excluding steroid dienone is 1. The minimum atomic E-state index is -0.444. The van der Waals surface area contributed by atoms with E-state index < -0.39 is 5.75 Å². The number of carbonyl (C=O) groups is 1. The molecule has 4 rings (SSSR count). The first-order valence-corrected chi connectivity index (χ1v) is 8.35. The lowest BCUT2D eigenvalue weighted by Crippen LogP contribution is -1.98. The highest BCUT2D eigenvalue weighted by Gasteiger charge is 2.31. The van der Waals surface area contributed by atoms with Crippen molar-refractivity contribution in [2.45, 2.75) is 6.92 Å². The van der Waals surface area contributed by atoms with Crippen LogP contribution >= 0.6 is 0 Å². The second-order valence-electron chi connectivity index (χ2n) is 6.24. The van der Waals surface area contributed by atoms with Crippen LogP contribution in [-0.2, 0) is 0 Å². The molecule has 0 fully saturated rings. The molecule has 0 spiro atoms. The van der Waals surface area contributed by atoms with Gasteiger partial charge >= 0.3 is 0 Å². The summed E-state index contributed by atoms with van der Waals surface area (Å²) in [6.45, 7) is 2.00. The van der Waals surface area contributed by atoms with Crippen molar-refractivity contribution in [2.75, 3.05) is 0 Å². The van der Waals surface area contributed by atoms with Crippen molar-refractivity contribution in [1.29, 1.82) is 0 Å². The number of aromatic hydroxyl groups is 2. The SMILES string of the molecule is Cc1ccc(Oc2cccc(C=C3Oc4c(ccc(O)c4O)C3=O)c2)cc1. The molecule has 27 heavy (non-hydrogen) atoms. The number of rotatable bonds is 3. The van der Waals surface area contributed by atoms with E-state index in [2.05, 4.69) is 0 Å². The number of hydrogen-bond acceptors (Lipinski definition) is 5. The quantitative estimate of drug-likeness (QED) is 0.518. The summed E-state index contributed by atoms with van der Waals surface area (Å²) in [5.41, 5.74) is 2.06. The Kier molecular flexibility index (Phi) is 4.05. The zero-order valence-corrected chi connectivity index (χ0v) is 14.5. The predicted octanol–water partition coefficient (Wildman–Crippen LogP) is 4.81. The zero-order valence-electron chi connectivity index (χ0n) is 14.5. The second-order valence-corrected chi connectivity index (χ2v) is 6.24. The lowest BCUT2D eigenvalue weighted by atomic mass is 10.1. The molecule has 0 saturated carbocycles. The molecule has 0 unspecified atom stereocenters. The number of hydrogen-bond donors (Lipinski definition) is 2. The van der Waals surface area contributed by atoms with Gasteiger partial charge in [0.15, 0.2) is 17.3 Å². The van der Waals surface area contributed by atoms with E-state index >= 15 is 0 Å². The van der Waals surface area contributed by atoms with Crippen LogP contribution in [0, 0.1) is 6.92 Å². The Labute approximate surface area is 155 Å². The highest BCUT2D eigenvalue weighted by molar-refractivity contribution is 6.15. The van der Waals surface area contributed by atoms with Crippen molar-refractivity contribution in [3.63, 3.8) is 0 Å². The Morgan fingerprint density at radius 1 is 0.963 bits per heavy atom. The monoisotopic (exact) mass is 360 g/mol. The van der Waals surface area contributed by atoms with Gasteiger partial charge < -0.3 is 19.7 Å². The first-order valence-electron chi connectivity index (χ1n) is 8.35. The molecule has 5 heteroatoms. The minimum absolute atomic E-state index is 0.0293. The molecule has 1 aliphatic rings. The van der Waals surface area contributed by atoms with Gasteiger partial charge in [-0.1, -0.05) is 29.8 Å². The van der Waals surface area contributed by atoms with Gasteiger partial charge in [-0.3, -0.25) is 4.79 Å². The zero-order chi connectivity index (χ0) is 19.0. The Morgan fingerprint density at radius 2 is 1.74 bits per heavy atom. The molecule has 2 N–H and O–H groups in total. The van der Waals surface area contributed by atoms with E-state index in [-0.39, 0.29) is 28.6 Å². The third-order valence-corrected chi connectivity index (χ3v) is 4.20. The number of Topliss-reactive ketones (excluding diaryl/α,β-unsaturated/α-hetero) is 1. The van der Waals surface area contributed by atoms with E-state index in [1.165, 1.54) is 12.1 Å². The topological polar surface area (TPSA) is 76.0 Å². The van der Waals surface area contributed by atoms with Crippen molar-refractivity contribution in [3.8, 4) is 28.7 Å². The molecule has 0 atom stereocenters. The van der Waals surface area contributed by atoms with Gasteiger partial charge in [-0.2, -0.15) is 0 Å². The van der Waals surface area contributed by atoms with Gasteiger partial charge in [0.05, 0.1) is 5.56 Å². The van der Waals surface area contributed by atoms with Crippen LogP contribution in [0.4, 0.5) is 0 Å². The van der Waals surface area contributed by atoms with Crippen LogP contribution < -0.4 is 9.47 Å². The Bertz CT molecular complexity index is 1060. The van der Waals surface area contributed by atoms with Crippen molar-refractivity contribution < 1.29 is 24.5 Å². The smallest absolute Gasteiger partial charge is 0.232 e. The van der Waals surface area contributed by atoms with E-state index in [1.807, 2.05) is 49.4 Å². The maximum absolute atomic E-state index is 12.5. The van der Waals surface area contributed by atoms with E-state index in [1.54, 1.807) is 12.1 Å². The Hall–Kier alpha value is -3.73. The number of benzene rings is 3. The van der Waals surface area contributed by atoms with Crippen molar-refractivity contribution in [3.05, 3.63) is 83.1 Å². The maximum atomic E-state index is 12.5. The van der Waals surface area contributed by atoms with Gasteiger partial charge in [-0.25, -0.2) is 0 Å². The van der Waals surface area contributed by atoms with Gasteiger partial charge in [0.2, 0.25) is 11.5 Å². The molecule has 5 nitrogen and oxygen atoms in total. The summed E-state index contributed by atoms with van der Waals surface area (Å²) in [4.78, 5) is 12.5. The number of aryl methyl sites for hydroxylation is 1. The molecule has 0 radical (unpaired) electrons. The molecule has 1 heterocycles. The van der Waals surface area contributed by atoms with Crippen LogP contribution in [0.15, 0.2) is 66.4 Å². The average Bonchev–Trinajstić information content (AvgIpc) is 2.97. The second kappa shape index (κ2) is 6.53. The third kappa shape index (κ3) is 3.22. The summed E-state index contributed by atoms with van der Waals surface area (Å²) in [7, 11) is 0. The number of ketones is 1. The van der Waals surface area contributed by atoms with Gasteiger partial charge in [-0.05, 0) is 55.0 Å². The fourth-order valence-corrected chi connectivity index (χ4v) is 2.79. The van der Waals surface area contributed by atoms with E-state index in [9.17, 15) is 15.0 Å². The number of phenolic OH excluding ortho intramolecular Hbond substituents is 2. The minimum Gasteiger partial charge on any atom is -0.504 e.